The Bertz CT molecular complexity index is 978. The summed E-state index contributed by atoms with van der Waals surface area (Å²) >= 11 is 0. The van der Waals surface area contributed by atoms with E-state index in [2.05, 4.69) is 10.4 Å². The first kappa shape index (κ1) is 20.6. The topological polar surface area (TPSA) is 89.2 Å². The Kier molecular flexibility index (Phi) is 5.49. The van der Waals surface area contributed by atoms with E-state index in [9.17, 15) is 27.6 Å². The third kappa shape index (κ3) is 4.33. The molecule has 1 fully saturated rings. The molecule has 0 saturated carbocycles. The molecule has 1 aliphatic rings. The Balaban J connectivity index is 1.57. The maximum Gasteiger partial charge on any atom is 0.451 e. The van der Waals surface area contributed by atoms with Crippen molar-refractivity contribution in [2.45, 2.75) is 26.1 Å². The molecule has 1 atom stereocenters. The maximum atomic E-state index is 12.8. The Morgan fingerprint density at radius 1 is 1.24 bits per heavy atom. The van der Waals surface area contributed by atoms with Gasteiger partial charge in [-0.15, -0.1) is 5.10 Å². The molecule has 2 aromatic rings. The van der Waals surface area contributed by atoms with Gasteiger partial charge in [0.1, 0.15) is 0 Å². The molecule has 0 spiro atoms. The van der Waals surface area contributed by atoms with Gasteiger partial charge in [0.15, 0.2) is 0 Å². The van der Waals surface area contributed by atoms with Gasteiger partial charge in [-0.05, 0) is 19.1 Å². The SMILES string of the molecule is Cc1ccc(N2CC(C(=O)NCCn3nc(C(F)(F)F)n(C)c3=O)CC2=O)cc1. The number of hydrogen-bond donors (Lipinski definition) is 1. The molecular formula is C18H20F3N5O3. The summed E-state index contributed by atoms with van der Waals surface area (Å²) in [5.41, 5.74) is 0.830. The highest BCUT2D eigenvalue weighted by Gasteiger charge is 2.38. The van der Waals surface area contributed by atoms with Gasteiger partial charge in [0.25, 0.3) is 0 Å². The highest BCUT2D eigenvalue weighted by atomic mass is 19.4. The van der Waals surface area contributed by atoms with Gasteiger partial charge in [-0.3, -0.25) is 14.2 Å². The maximum absolute atomic E-state index is 12.8. The third-order valence-corrected chi connectivity index (χ3v) is 4.76. The lowest BCUT2D eigenvalue weighted by Gasteiger charge is -2.17. The number of aryl methyl sites for hydroxylation is 1. The van der Waals surface area contributed by atoms with Crippen LogP contribution in [0.15, 0.2) is 29.1 Å². The van der Waals surface area contributed by atoms with E-state index in [-0.39, 0.29) is 32.0 Å². The fraction of sp³-hybridized carbons (Fsp3) is 0.444. The van der Waals surface area contributed by atoms with Crippen LogP contribution < -0.4 is 15.9 Å². The summed E-state index contributed by atoms with van der Waals surface area (Å²) in [6, 6.07) is 7.35. The molecule has 1 saturated heterocycles. The number of aromatic nitrogens is 3. The van der Waals surface area contributed by atoms with Crippen molar-refractivity contribution in [2.75, 3.05) is 18.0 Å². The van der Waals surface area contributed by atoms with E-state index in [0.717, 1.165) is 12.6 Å². The van der Waals surface area contributed by atoms with Gasteiger partial charge in [-0.2, -0.15) is 13.2 Å². The average Bonchev–Trinajstić information content (AvgIpc) is 3.17. The number of carbonyl (C=O) groups is 2. The number of anilines is 1. The molecule has 1 aromatic carbocycles. The van der Waals surface area contributed by atoms with Crippen LogP contribution in [0.3, 0.4) is 0 Å². The van der Waals surface area contributed by atoms with Crippen LogP contribution in [0.1, 0.15) is 17.8 Å². The second-order valence-corrected chi connectivity index (χ2v) is 6.92. The molecular weight excluding hydrogens is 391 g/mol. The Labute approximate surface area is 163 Å². The Hall–Kier alpha value is -3.11. The summed E-state index contributed by atoms with van der Waals surface area (Å²) in [6.07, 6.45) is -4.70. The van der Waals surface area contributed by atoms with Gasteiger partial charge in [-0.1, -0.05) is 17.7 Å². The van der Waals surface area contributed by atoms with Gasteiger partial charge in [-0.25, -0.2) is 9.48 Å². The van der Waals surface area contributed by atoms with E-state index in [0.29, 0.717) is 14.9 Å². The number of benzene rings is 1. The van der Waals surface area contributed by atoms with Gasteiger partial charge in [0.2, 0.25) is 17.6 Å². The van der Waals surface area contributed by atoms with E-state index < -0.39 is 29.5 Å². The van der Waals surface area contributed by atoms with Crippen molar-refractivity contribution < 1.29 is 22.8 Å². The van der Waals surface area contributed by atoms with E-state index in [1.807, 2.05) is 19.1 Å². The fourth-order valence-corrected chi connectivity index (χ4v) is 3.17. The van der Waals surface area contributed by atoms with Crippen molar-refractivity contribution in [1.82, 2.24) is 19.7 Å². The number of alkyl halides is 3. The zero-order chi connectivity index (χ0) is 21.3. The van der Waals surface area contributed by atoms with Crippen LogP contribution in [0.5, 0.6) is 0 Å². The number of hydrogen-bond acceptors (Lipinski definition) is 4. The summed E-state index contributed by atoms with van der Waals surface area (Å²) in [7, 11) is 0.983. The third-order valence-electron chi connectivity index (χ3n) is 4.76. The molecule has 11 heteroatoms. The molecule has 1 unspecified atom stereocenters. The first-order valence-corrected chi connectivity index (χ1v) is 8.93. The highest BCUT2D eigenvalue weighted by Crippen LogP contribution is 2.26. The number of rotatable bonds is 5. The molecule has 156 valence electrons. The van der Waals surface area contributed by atoms with Crippen molar-refractivity contribution in [3.63, 3.8) is 0 Å². The molecule has 1 aromatic heterocycles. The van der Waals surface area contributed by atoms with Crippen LogP contribution in [0.25, 0.3) is 0 Å². The van der Waals surface area contributed by atoms with Crippen molar-refractivity contribution in [2.24, 2.45) is 13.0 Å². The normalized spacial score (nSPS) is 17.1. The minimum Gasteiger partial charge on any atom is -0.354 e. The minimum absolute atomic E-state index is 0.0431. The van der Waals surface area contributed by atoms with Crippen LogP contribution in [-0.2, 0) is 29.4 Å². The predicted molar refractivity (Wildman–Crippen MR) is 97.1 cm³/mol. The second kappa shape index (κ2) is 7.72. The quantitative estimate of drug-likeness (QED) is 0.798. The number of halogens is 3. The van der Waals surface area contributed by atoms with Gasteiger partial charge in [0, 0.05) is 32.2 Å². The van der Waals surface area contributed by atoms with Crippen molar-refractivity contribution >= 4 is 17.5 Å². The summed E-state index contributed by atoms with van der Waals surface area (Å²) < 4.78 is 39.4. The predicted octanol–water partition coefficient (Wildman–Crippen LogP) is 1.08. The smallest absolute Gasteiger partial charge is 0.354 e. The van der Waals surface area contributed by atoms with Crippen molar-refractivity contribution in [1.29, 1.82) is 0 Å². The van der Waals surface area contributed by atoms with Gasteiger partial charge < -0.3 is 10.2 Å². The summed E-state index contributed by atoms with van der Waals surface area (Å²) in [5, 5.41) is 5.84. The number of amides is 2. The zero-order valence-electron chi connectivity index (χ0n) is 15.9. The lowest BCUT2D eigenvalue weighted by molar-refractivity contribution is -0.147. The Morgan fingerprint density at radius 3 is 2.48 bits per heavy atom. The van der Waals surface area contributed by atoms with E-state index in [4.69, 9.17) is 0 Å². The summed E-state index contributed by atoms with van der Waals surface area (Å²) in [4.78, 5) is 37.9. The van der Waals surface area contributed by atoms with Gasteiger partial charge in [0.05, 0.1) is 12.5 Å². The molecule has 3 rings (SSSR count). The lowest BCUT2D eigenvalue weighted by atomic mass is 10.1. The largest absolute Gasteiger partial charge is 0.451 e. The Morgan fingerprint density at radius 2 is 1.90 bits per heavy atom. The highest BCUT2D eigenvalue weighted by molar-refractivity contribution is 6.00. The van der Waals surface area contributed by atoms with E-state index in [1.165, 1.54) is 4.90 Å². The molecule has 0 radical (unpaired) electrons. The number of nitrogens with one attached hydrogen (secondary N) is 1. The standard InChI is InChI=1S/C18H20F3N5O3/c1-11-3-5-13(6-4-11)25-10-12(9-14(25)27)15(28)22-7-8-26-17(29)24(2)16(23-26)18(19,20)21/h3-6,12H,7-10H2,1-2H3,(H,22,28). The molecule has 29 heavy (non-hydrogen) atoms. The second-order valence-electron chi connectivity index (χ2n) is 6.92. The van der Waals surface area contributed by atoms with E-state index in [1.54, 1.807) is 12.1 Å². The fourth-order valence-electron chi connectivity index (χ4n) is 3.17. The summed E-state index contributed by atoms with van der Waals surface area (Å²) in [5.74, 6) is -2.45. The van der Waals surface area contributed by atoms with E-state index >= 15 is 0 Å². The monoisotopic (exact) mass is 411 g/mol. The van der Waals surface area contributed by atoms with Crippen molar-refractivity contribution in [3.05, 3.63) is 46.1 Å². The molecule has 8 nitrogen and oxygen atoms in total. The minimum atomic E-state index is -4.74. The number of carbonyl (C=O) groups excluding carboxylic acids is 2. The molecule has 0 aliphatic carbocycles. The number of nitrogens with zero attached hydrogens (tertiary/aromatic N) is 4. The average molecular weight is 411 g/mol. The molecule has 2 heterocycles. The molecule has 0 bridgehead atoms. The van der Waals surface area contributed by atoms with Crippen LogP contribution in [0.4, 0.5) is 18.9 Å². The van der Waals surface area contributed by atoms with Gasteiger partial charge >= 0.3 is 11.9 Å². The first-order valence-electron chi connectivity index (χ1n) is 8.93. The first-order chi connectivity index (χ1) is 13.6. The molecule has 2 amide bonds. The molecule has 1 aliphatic heterocycles. The molecule has 1 N–H and O–H groups in total. The van der Waals surface area contributed by atoms with Crippen LogP contribution in [0, 0.1) is 12.8 Å². The lowest BCUT2D eigenvalue weighted by Crippen LogP contribution is -2.36. The summed E-state index contributed by atoms with van der Waals surface area (Å²) in [6.45, 7) is 1.85. The van der Waals surface area contributed by atoms with Crippen LogP contribution in [-0.4, -0.2) is 39.3 Å². The van der Waals surface area contributed by atoms with Crippen LogP contribution >= 0.6 is 0 Å². The van der Waals surface area contributed by atoms with Crippen LogP contribution in [0.2, 0.25) is 0 Å². The van der Waals surface area contributed by atoms with Crippen molar-refractivity contribution in [3.8, 4) is 0 Å². The zero-order valence-corrected chi connectivity index (χ0v) is 15.9.